The van der Waals surface area contributed by atoms with Crippen molar-refractivity contribution in [2.75, 3.05) is 0 Å². The molecule has 0 aromatic heterocycles. The van der Waals surface area contributed by atoms with E-state index in [0.717, 1.165) is 58.7 Å². The summed E-state index contributed by atoms with van der Waals surface area (Å²) in [4.78, 5) is 25.4. The smallest absolute Gasteiger partial charge is 0.279 e. The molecule has 10 nitrogen and oxygen atoms in total. The molecule has 0 bridgehead atoms. The Bertz CT molecular complexity index is 2190. The molecule has 4 atom stereocenters. The Morgan fingerprint density at radius 3 is 0.790 bits per heavy atom. The zero-order chi connectivity index (χ0) is 44.9. The van der Waals surface area contributed by atoms with E-state index in [1.165, 1.54) is 0 Å². The quantitative estimate of drug-likeness (QED) is 0.0417. The van der Waals surface area contributed by atoms with Crippen molar-refractivity contribution in [2.24, 2.45) is 0 Å². The van der Waals surface area contributed by atoms with E-state index in [2.05, 4.69) is 30.5 Å². The molecule has 6 aromatic rings. The highest BCUT2D eigenvalue weighted by Gasteiger charge is 2.33. The second-order valence-corrected chi connectivity index (χ2v) is 18.3. The highest BCUT2D eigenvalue weighted by atomic mass is 31.2. The number of hydrogen-bond donors (Lipinski definition) is 6. The third kappa shape index (κ3) is 13.1. The van der Waals surface area contributed by atoms with E-state index < -0.39 is 85.6 Å². The van der Waals surface area contributed by atoms with Crippen molar-refractivity contribution in [2.45, 2.75) is 51.9 Å². The lowest BCUT2D eigenvalue weighted by atomic mass is 10.1. The minimum Gasteiger partial charge on any atom is -0.279 e. The molecule has 0 spiro atoms. The number of carbonyl (C=O) groups is 2. The number of halogens is 4. The van der Waals surface area contributed by atoms with Crippen molar-refractivity contribution in [3.63, 3.8) is 0 Å². The van der Waals surface area contributed by atoms with Crippen LogP contribution in [0, 0.1) is 23.3 Å². The van der Waals surface area contributed by atoms with Gasteiger partial charge in [0.2, 0.25) is 0 Å². The third-order valence-electron chi connectivity index (χ3n) is 9.60. The largest absolute Gasteiger partial charge is 0.306 e. The first-order chi connectivity index (χ1) is 29.6. The predicted octanol–water partition coefficient (Wildman–Crippen LogP) is 11.0. The predicted molar refractivity (Wildman–Crippen MR) is 235 cm³/mol. The molecule has 6 N–H and O–H groups in total. The van der Waals surface area contributed by atoms with Crippen LogP contribution in [-0.4, -0.2) is 11.8 Å². The highest BCUT2D eigenvalue weighted by molar-refractivity contribution is 7.58. The fraction of sp³-hybridized carbons (Fsp3) is 0.174. The van der Waals surface area contributed by atoms with Crippen molar-refractivity contribution in [3.8, 4) is 0 Å². The molecular formula is C46H48F4N6O4P2. The van der Waals surface area contributed by atoms with E-state index in [-0.39, 0.29) is 0 Å². The SMILES string of the molecule is C[C@H](NP(=O)(NC(=O)c1c(F)cccc1F)N[C@@H](C)c1ccccc1)c1ccccc1.C[C@H](NP(=O)(NC(=O)c1c(F)cccc1F)N[C@@H](C)c1ccccc1)c1ccccc1. The molecule has 62 heavy (non-hydrogen) atoms. The van der Waals surface area contributed by atoms with E-state index in [9.17, 15) is 36.3 Å². The van der Waals surface area contributed by atoms with Crippen LogP contribution in [0.15, 0.2) is 158 Å². The lowest BCUT2D eigenvalue weighted by molar-refractivity contribution is 0.0961. The molecule has 324 valence electrons. The summed E-state index contributed by atoms with van der Waals surface area (Å²) in [6, 6.07) is 41.4. The molecule has 0 heterocycles. The maximum Gasteiger partial charge on any atom is 0.306 e. The monoisotopic (exact) mass is 886 g/mol. The molecule has 0 aliphatic carbocycles. The van der Waals surface area contributed by atoms with Crippen LogP contribution < -0.4 is 30.5 Å². The highest BCUT2D eigenvalue weighted by Crippen LogP contribution is 2.40. The second kappa shape index (κ2) is 21.9. The van der Waals surface area contributed by atoms with Gasteiger partial charge in [0.15, 0.2) is 0 Å². The molecule has 6 rings (SSSR count). The zero-order valence-corrected chi connectivity index (χ0v) is 36.1. The Morgan fingerprint density at radius 1 is 0.371 bits per heavy atom. The van der Waals surface area contributed by atoms with Crippen LogP contribution in [0.4, 0.5) is 17.6 Å². The third-order valence-corrected chi connectivity index (χ3v) is 13.6. The summed E-state index contributed by atoms with van der Waals surface area (Å²) in [6.45, 7) is 7.14. The zero-order valence-electron chi connectivity index (χ0n) is 34.4. The van der Waals surface area contributed by atoms with Gasteiger partial charge in [0.25, 0.3) is 11.8 Å². The van der Waals surface area contributed by atoms with E-state index in [1.807, 2.05) is 121 Å². The lowest BCUT2D eigenvalue weighted by Gasteiger charge is -2.28. The first kappa shape index (κ1) is 47.3. The van der Waals surface area contributed by atoms with Crippen LogP contribution >= 0.6 is 15.2 Å². The fourth-order valence-electron chi connectivity index (χ4n) is 6.39. The molecule has 6 aromatic carbocycles. The standard InChI is InChI=1S/2C23H24F2N3O2P/c2*1-16(18-10-5-3-6-11-18)26-31(30,27-17(2)19-12-7-4-8-13-19)28-23(29)22-20(24)14-9-15-21(22)25/h2*3-17H,1-2H3,(H3,26,27,28,29,30)/t2*16-,17-/m00/s1. The van der Waals surface area contributed by atoms with E-state index >= 15 is 0 Å². The summed E-state index contributed by atoms with van der Waals surface area (Å²) in [5.74, 6) is -6.35. The van der Waals surface area contributed by atoms with Crippen molar-refractivity contribution < 1.29 is 36.3 Å². The molecular weight excluding hydrogens is 838 g/mol. The summed E-state index contributed by atoms with van der Waals surface area (Å²) >= 11 is 0. The van der Waals surface area contributed by atoms with Gasteiger partial charge in [-0.05, 0) is 74.2 Å². The van der Waals surface area contributed by atoms with Crippen molar-refractivity contribution >= 4 is 27.0 Å². The van der Waals surface area contributed by atoms with Gasteiger partial charge in [-0.2, -0.15) is 0 Å². The average Bonchev–Trinajstić information content (AvgIpc) is 3.24. The molecule has 2 amide bonds. The second-order valence-electron chi connectivity index (χ2n) is 14.3. The van der Waals surface area contributed by atoms with Crippen LogP contribution in [0.25, 0.3) is 0 Å². The number of benzene rings is 6. The van der Waals surface area contributed by atoms with Crippen LogP contribution in [0.5, 0.6) is 0 Å². The summed E-state index contributed by atoms with van der Waals surface area (Å²) in [6.07, 6.45) is 0. The van der Waals surface area contributed by atoms with Gasteiger partial charge in [0.05, 0.1) is 0 Å². The minimum absolute atomic E-state index is 0.423. The van der Waals surface area contributed by atoms with E-state index in [4.69, 9.17) is 0 Å². The molecule has 0 fully saturated rings. The normalized spacial score (nSPS) is 13.4. The Balaban J connectivity index is 0.000000234. The fourth-order valence-corrected chi connectivity index (χ4v) is 10.4. The molecule has 0 aliphatic heterocycles. The molecule has 0 unspecified atom stereocenters. The van der Waals surface area contributed by atoms with Gasteiger partial charge in [-0.3, -0.25) is 28.9 Å². The van der Waals surface area contributed by atoms with Crippen molar-refractivity contribution in [3.05, 3.63) is 214 Å². The maximum absolute atomic E-state index is 14.1. The number of rotatable bonds is 16. The Hall–Kier alpha value is -5.72. The topological polar surface area (TPSA) is 140 Å². The van der Waals surface area contributed by atoms with Crippen LogP contribution in [0.1, 0.15) is 94.8 Å². The van der Waals surface area contributed by atoms with Crippen LogP contribution in [-0.2, 0) is 9.13 Å². The Kier molecular flexibility index (Phi) is 16.7. The van der Waals surface area contributed by atoms with Gasteiger partial charge in [-0.15, -0.1) is 0 Å². The average molecular weight is 887 g/mol. The number of carbonyl (C=O) groups excluding carboxylic acids is 2. The van der Waals surface area contributed by atoms with Gasteiger partial charge >= 0.3 is 15.2 Å². The van der Waals surface area contributed by atoms with Crippen LogP contribution in [0.3, 0.4) is 0 Å². The van der Waals surface area contributed by atoms with Gasteiger partial charge in [0.1, 0.15) is 34.4 Å². The summed E-state index contributed by atoms with van der Waals surface area (Å²) in [5.41, 5.74) is 1.77. The Morgan fingerprint density at radius 2 is 0.581 bits per heavy atom. The van der Waals surface area contributed by atoms with E-state index in [0.29, 0.717) is 0 Å². The van der Waals surface area contributed by atoms with Gasteiger partial charge in [-0.25, -0.2) is 37.9 Å². The van der Waals surface area contributed by atoms with Crippen LogP contribution in [0.2, 0.25) is 0 Å². The summed E-state index contributed by atoms with van der Waals surface area (Å²) in [7, 11) is -7.71. The molecule has 0 saturated carbocycles. The Labute approximate surface area is 359 Å². The molecule has 16 heteroatoms. The van der Waals surface area contributed by atoms with Crippen molar-refractivity contribution in [1.29, 1.82) is 0 Å². The summed E-state index contributed by atoms with van der Waals surface area (Å²) in [5, 5.41) is 16.3. The van der Waals surface area contributed by atoms with E-state index in [1.54, 1.807) is 27.7 Å². The first-order valence-corrected chi connectivity index (χ1v) is 23.0. The minimum atomic E-state index is -3.86. The first-order valence-electron chi connectivity index (χ1n) is 19.6. The lowest BCUT2D eigenvalue weighted by Crippen LogP contribution is -2.38. The molecule has 0 radical (unpaired) electrons. The van der Waals surface area contributed by atoms with Crippen molar-refractivity contribution in [1.82, 2.24) is 30.5 Å². The van der Waals surface area contributed by atoms with Gasteiger partial charge in [0, 0.05) is 24.2 Å². The molecule has 0 saturated heterocycles. The maximum atomic E-state index is 14.1. The summed E-state index contributed by atoms with van der Waals surface area (Å²) < 4.78 is 84.0. The van der Waals surface area contributed by atoms with Gasteiger partial charge < -0.3 is 0 Å². The number of hydrogen-bond acceptors (Lipinski definition) is 4. The molecule has 0 aliphatic rings. The number of nitrogens with one attached hydrogen (secondary N) is 6. The number of amides is 2. The van der Waals surface area contributed by atoms with Gasteiger partial charge in [-0.1, -0.05) is 133 Å².